The van der Waals surface area contributed by atoms with Gasteiger partial charge < -0.3 is 19.2 Å². The van der Waals surface area contributed by atoms with Gasteiger partial charge in [-0.1, -0.05) is 12.8 Å². The van der Waals surface area contributed by atoms with Gasteiger partial charge in [-0.15, -0.1) is 0 Å². The van der Waals surface area contributed by atoms with E-state index < -0.39 is 5.60 Å². The lowest BCUT2D eigenvalue weighted by atomic mass is 9.71. The van der Waals surface area contributed by atoms with Crippen LogP contribution in [0.25, 0.3) is 11.0 Å². The number of piperidine rings is 1. The number of aliphatic hydroxyl groups is 1. The van der Waals surface area contributed by atoms with E-state index in [0.29, 0.717) is 30.8 Å². The predicted octanol–water partition coefficient (Wildman–Crippen LogP) is 3.51. The average Bonchev–Trinajstić information content (AvgIpc) is 2.78. The van der Waals surface area contributed by atoms with Gasteiger partial charge in [-0.25, -0.2) is 4.79 Å². The van der Waals surface area contributed by atoms with Crippen molar-refractivity contribution < 1.29 is 19.1 Å². The fourth-order valence-electron chi connectivity index (χ4n) is 5.81. The Morgan fingerprint density at radius 3 is 2.84 bits per heavy atom. The Balaban J connectivity index is 1.31. The fourth-order valence-corrected chi connectivity index (χ4v) is 5.81. The van der Waals surface area contributed by atoms with E-state index in [0.717, 1.165) is 73.4 Å². The van der Waals surface area contributed by atoms with E-state index in [1.54, 1.807) is 0 Å². The molecule has 0 bridgehead atoms. The Bertz CT molecular complexity index is 1070. The maximum Gasteiger partial charge on any atom is 0.339 e. The highest BCUT2D eigenvalue weighted by Crippen LogP contribution is 2.40. The zero-order chi connectivity index (χ0) is 21.6. The van der Waals surface area contributed by atoms with Crippen LogP contribution in [0.2, 0.25) is 0 Å². The van der Waals surface area contributed by atoms with Crippen molar-refractivity contribution in [3.63, 3.8) is 0 Å². The summed E-state index contributed by atoms with van der Waals surface area (Å²) >= 11 is 0. The Labute approximate surface area is 182 Å². The van der Waals surface area contributed by atoms with Crippen molar-refractivity contribution in [2.75, 3.05) is 19.7 Å². The Morgan fingerprint density at radius 1 is 1.19 bits per heavy atom. The first kappa shape index (κ1) is 20.6. The van der Waals surface area contributed by atoms with Crippen LogP contribution >= 0.6 is 0 Å². The number of benzene rings is 1. The van der Waals surface area contributed by atoms with Crippen molar-refractivity contribution in [2.24, 2.45) is 5.92 Å². The topological polar surface area (TPSA) is 80.0 Å². The molecule has 6 nitrogen and oxygen atoms in total. The van der Waals surface area contributed by atoms with E-state index in [1.807, 2.05) is 24.0 Å². The third kappa shape index (κ3) is 3.65. The summed E-state index contributed by atoms with van der Waals surface area (Å²) < 4.78 is 11.6. The average molecular weight is 426 g/mol. The largest absolute Gasteiger partial charge is 0.483 e. The van der Waals surface area contributed by atoms with Gasteiger partial charge in [-0.3, -0.25) is 4.79 Å². The minimum Gasteiger partial charge on any atom is -0.483 e. The van der Waals surface area contributed by atoms with Gasteiger partial charge in [0.05, 0.1) is 5.60 Å². The molecular weight excluding hydrogens is 394 g/mol. The number of nitrogens with zero attached hydrogens (tertiary/aromatic N) is 1. The van der Waals surface area contributed by atoms with Crippen LogP contribution in [0.15, 0.2) is 21.3 Å². The molecule has 0 unspecified atom stereocenters. The molecule has 1 amide bonds. The molecule has 2 aliphatic carbocycles. The zero-order valence-corrected chi connectivity index (χ0v) is 18.2. The summed E-state index contributed by atoms with van der Waals surface area (Å²) in [6.45, 7) is 3.01. The third-order valence-corrected chi connectivity index (χ3v) is 7.72. The van der Waals surface area contributed by atoms with Crippen LogP contribution in [0.4, 0.5) is 0 Å². The number of aryl methyl sites for hydroxylation is 2. The Morgan fingerprint density at radius 2 is 2.00 bits per heavy atom. The number of hydrogen-bond donors (Lipinski definition) is 1. The number of amides is 1. The van der Waals surface area contributed by atoms with Crippen molar-refractivity contribution in [3.05, 3.63) is 39.2 Å². The van der Waals surface area contributed by atoms with Gasteiger partial charge in [0, 0.05) is 35.5 Å². The lowest BCUT2D eigenvalue weighted by molar-refractivity contribution is -0.145. The normalized spacial score (nSPS) is 25.7. The van der Waals surface area contributed by atoms with Gasteiger partial charge in [-0.2, -0.15) is 0 Å². The van der Waals surface area contributed by atoms with Crippen LogP contribution in [0.1, 0.15) is 61.6 Å². The molecule has 1 N–H and O–H groups in total. The van der Waals surface area contributed by atoms with Crippen LogP contribution in [0.5, 0.6) is 5.75 Å². The molecule has 5 rings (SSSR count). The van der Waals surface area contributed by atoms with E-state index in [9.17, 15) is 14.7 Å². The van der Waals surface area contributed by atoms with Gasteiger partial charge in [0.15, 0.2) is 6.61 Å². The standard InChI is InChI=1S/C25H31NO5/c1-16-21(10-9-19-18-7-2-3-8-20(18)24(28)31-23(16)19)30-15-22(27)26-13-12-25(29)11-5-4-6-17(25)14-26/h9-10,17,29H,2-8,11-15H2,1H3/t17-,25+/m1/s1. The highest BCUT2D eigenvalue weighted by molar-refractivity contribution is 5.86. The number of fused-ring (bicyclic) bond motifs is 4. The molecule has 1 aromatic heterocycles. The maximum atomic E-state index is 12.8. The summed E-state index contributed by atoms with van der Waals surface area (Å²) in [4.78, 5) is 27.1. The second kappa shape index (κ2) is 7.97. The van der Waals surface area contributed by atoms with Crippen molar-refractivity contribution in [2.45, 2.75) is 70.3 Å². The lowest BCUT2D eigenvalue weighted by Gasteiger charge is -2.47. The number of carbonyl (C=O) groups is 1. The molecule has 1 saturated carbocycles. The molecule has 2 atom stereocenters. The molecule has 1 aliphatic heterocycles. The second-order valence-electron chi connectivity index (χ2n) is 9.54. The van der Waals surface area contributed by atoms with Gasteiger partial charge in [0.25, 0.3) is 5.91 Å². The summed E-state index contributed by atoms with van der Waals surface area (Å²) in [5.74, 6) is 0.687. The molecule has 2 aromatic rings. The fraction of sp³-hybridized carbons (Fsp3) is 0.600. The van der Waals surface area contributed by atoms with Crippen molar-refractivity contribution in [1.29, 1.82) is 0 Å². The van der Waals surface area contributed by atoms with Crippen molar-refractivity contribution in [1.82, 2.24) is 4.90 Å². The molecule has 166 valence electrons. The van der Waals surface area contributed by atoms with Crippen molar-refractivity contribution in [3.8, 4) is 5.75 Å². The number of likely N-dealkylation sites (tertiary alicyclic amines) is 1. The zero-order valence-electron chi connectivity index (χ0n) is 18.2. The first-order valence-electron chi connectivity index (χ1n) is 11.7. The molecule has 3 aliphatic rings. The highest BCUT2D eigenvalue weighted by atomic mass is 16.5. The van der Waals surface area contributed by atoms with Gasteiger partial charge in [0.2, 0.25) is 0 Å². The van der Waals surface area contributed by atoms with E-state index in [1.165, 1.54) is 0 Å². The quantitative estimate of drug-likeness (QED) is 0.762. The maximum absolute atomic E-state index is 12.8. The van der Waals surface area contributed by atoms with Crippen LogP contribution in [-0.4, -0.2) is 41.2 Å². The van der Waals surface area contributed by atoms with E-state index in [4.69, 9.17) is 9.15 Å². The molecule has 1 saturated heterocycles. The van der Waals surface area contributed by atoms with Gasteiger partial charge in [0.1, 0.15) is 11.3 Å². The smallest absolute Gasteiger partial charge is 0.339 e. The van der Waals surface area contributed by atoms with Crippen molar-refractivity contribution >= 4 is 16.9 Å². The molecule has 2 fully saturated rings. The van der Waals surface area contributed by atoms with E-state index >= 15 is 0 Å². The lowest BCUT2D eigenvalue weighted by Crippen LogP contribution is -2.55. The Kier molecular flexibility index (Phi) is 5.29. The molecule has 31 heavy (non-hydrogen) atoms. The van der Waals surface area contributed by atoms with Crippen LogP contribution < -0.4 is 10.4 Å². The monoisotopic (exact) mass is 425 g/mol. The van der Waals surface area contributed by atoms with Gasteiger partial charge >= 0.3 is 5.63 Å². The number of hydrogen-bond acceptors (Lipinski definition) is 5. The summed E-state index contributed by atoms with van der Waals surface area (Å²) in [7, 11) is 0. The van der Waals surface area contributed by atoms with E-state index in [-0.39, 0.29) is 24.1 Å². The van der Waals surface area contributed by atoms with Crippen LogP contribution in [0.3, 0.4) is 0 Å². The summed E-state index contributed by atoms with van der Waals surface area (Å²) in [6, 6.07) is 3.84. The van der Waals surface area contributed by atoms with Crippen LogP contribution in [-0.2, 0) is 17.6 Å². The first-order valence-corrected chi connectivity index (χ1v) is 11.7. The second-order valence-corrected chi connectivity index (χ2v) is 9.54. The van der Waals surface area contributed by atoms with E-state index in [2.05, 4.69) is 0 Å². The minimum atomic E-state index is -0.596. The number of ether oxygens (including phenoxy) is 1. The third-order valence-electron chi connectivity index (χ3n) is 7.72. The molecule has 1 aromatic carbocycles. The molecule has 6 heteroatoms. The first-order chi connectivity index (χ1) is 15.0. The highest BCUT2D eigenvalue weighted by Gasteiger charge is 2.43. The summed E-state index contributed by atoms with van der Waals surface area (Å²) in [5.41, 5.74) is 2.41. The summed E-state index contributed by atoms with van der Waals surface area (Å²) in [5, 5.41) is 11.8. The molecule has 0 spiro atoms. The molecular formula is C25H31NO5. The number of carbonyl (C=O) groups excluding carboxylic acids is 1. The Hall–Kier alpha value is -2.34. The van der Waals surface area contributed by atoms with Crippen LogP contribution in [0, 0.1) is 12.8 Å². The minimum absolute atomic E-state index is 0.0489. The number of rotatable bonds is 3. The molecule has 2 heterocycles. The summed E-state index contributed by atoms with van der Waals surface area (Å²) in [6.07, 6.45) is 8.47. The predicted molar refractivity (Wildman–Crippen MR) is 117 cm³/mol. The SMILES string of the molecule is Cc1c(OCC(=O)N2CC[C@@]3(O)CCCC[C@@H]3C2)ccc2c3c(c(=O)oc12)CCCC3. The molecule has 0 radical (unpaired) electrons. The van der Waals surface area contributed by atoms with Gasteiger partial charge in [-0.05, 0) is 69.6 Å².